The minimum Gasteiger partial charge on any atom is -0.378 e. The van der Waals surface area contributed by atoms with Crippen molar-refractivity contribution >= 4 is 17.3 Å². The van der Waals surface area contributed by atoms with Gasteiger partial charge in [0.25, 0.3) is 0 Å². The Bertz CT molecular complexity index is 552. The van der Waals surface area contributed by atoms with Crippen LogP contribution in [-0.4, -0.2) is 0 Å². The summed E-state index contributed by atoms with van der Waals surface area (Å²) in [4.78, 5) is 0. The van der Waals surface area contributed by atoms with E-state index in [1.165, 1.54) is 30.3 Å². The lowest BCUT2D eigenvalue weighted by atomic mass is 10.2. The van der Waals surface area contributed by atoms with Gasteiger partial charge in [0.1, 0.15) is 5.82 Å². The SMILES string of the molecule is Fc1cccc(NCc2c(F)cccc2Cl)c1F. The van der Waals surface area contributed by atoms with Gasteiger partial charge in [0.2, 0.25) is 0 Å². The summed E-state index contributed by atoms with van der Waals surface area (Å²) in [6.07, 6.45) is 0. The highest BCUT2D eigenvalue weighted by Crippen LogP contribution is 2.22. The lowest BCUT2D eigenvalue weighted by Crippen LogP contribution is -2.05. The number of rotatable bonds is 3. The average Bonchev–Trinajstić information content (AvgIpc) is 2.33. The molecular formula is C13H9ClF3N. The second kappa shape index (κ2) is 5.31. The molecule has 0 saturated heterocycles. The predicted molar refractivity (Wildman–Crippen MR) is 65.1 cm³/mol. The molecule has 0 saturated carbocycles. The third kappa shape index (κ3) is 2.59. The Morgan fingerprint density at radius 2 is 1.61 bits per heavy atom. The third-order valence-electron chi connectivity index (χ3n) is 2.47. The van der Waals surface area contributed by atoms with Crippen molar-refractivity contribution < 1.29 is 13.2 Å². The first kappa shape index (κ1) is 12.8. The molecule has 18 heavy (non-hydrogen) atoms. The van der Waals surface area contributed by atoms with Gasteiger partial charge in [-0.3, -0.25) is 0 Å². The maximum atomic E-state index is 13.4. The number of hydrogen-bond donors (Lipinski definition) is 1. The quantitative estimate of drug-likeness (QED) is 0.874. The maximum absolute atomic E-state index is 13.4. The van der Waals surface area contributed by atoms with E-state index in [9.17, 15) is 13.2 Å². The van der Waals surface area contributed by atoms with Crippen LogP contribution in [0, 0.1) is 17.5 Å². The van der Waals surface area contributed by atoms with Crippen molar-refractivity contribution in [1.82, 2.24) is 0 Å². The molecule has 0 bridgehead atoms. The van der Waals surface area contributed by atoms with Crippen LogP contribution in [0.3, 0.4) is 0 Å². The number of halogens is 4. The van der Waals surface area contributed by atoms with Crippen LogP contribution in [0.5, 0.6) is 0 Å². The second-order valence-electron chi connectivity index (χ2n) is 3.66. The Balaban J connectivity index is 2.19. The van der Waals surface area contributed by atoms with Gasteiger partial charge in [0.05, 0.1) is 5.69 Å². The van der Waals surface area contributed by atoms with Gasteiger partial charge < -0.3 is 5.32 Å². The lowest BCUT2D eigenvalue weighted by molar-refractivity contribution is 0.511. The molecule has 2 aromatic carbocycles. The zero-order valence-electron chi connectivity index (χ0n) is 9.18. The second-order valence-corrected chi connectivity index (χ2v) is 4.06. The first-order chi connectivity index (χ1) is 8.59. The molecule has 1 N–H and O–H groups in total. The smallest absolute Gasteiger partial charge is 0.181 e. The van der Waals surface area contributed by atoms with Gasteiger partial charge >= 0.3 is 0 Å². The van der Waals surface area contributed by atoms with Crippen LogP contribution in [0.2, 0.25) is 5.02 Å². The molecule has 0 aliphatic rings. The molecule has 0 amide bonds. The number of anilines is 1. The summed E-state index contributed by atoms with van der Waals surface area (Å²) in [5.41, 5.74) is 0.178. The van der Waals surface area contributed by atoms with Crippen LogP contribution in [0.15, 0.2) is 36.4 Å². The van der Waals surface area contributed by atoms with Crippen LogP contribution in [-0.2, 0) is 6.54 Å². The highest BCUT2D eigenvalue weighted by Gasteiger charge is 2.10. The first-order valence-electron chi connectivity index (χ1n) is 5.20. The molecule has 1 nitrogen and oxygen atoms in total. The molecule has 2 rings (SSSR count). The summed E-state index contributed by atoms with van der Waals surface area (Å²) < 4.78 is 39.7. The fraction of sp³-hybridized carbons (Fsp3) is 0.0769. The Labute approximate surface area is 107 Å². The fourth-order valence-corrected chi connectivity index (χ4v) is 1.75. The Morgan fingerprint density at radius 3 is 2.33 bits per heavy atom. The topological polar surface area (TPSA) is 12.0 Å². The molecule has 0 aliphatic heterocycles. The highest BCUT2D eigenvalue weighted by atomic mass is 35.5. The molecule has 0 heterocycles. The van der Waals surface area contributed by atoms with E-state index >= 15 is 0 Å². The van der Waals surface area contributed by atoms with E-state index in [-0.39, 0.29) is 22.8 Å². The van der Waals surface area contributed by atoms with Crippen molar-refractivity contribution in [2.24, 2.45) is 0 Å². The van der Waals surface area contributed by atoms with Crippen molar-refractivity contribution in [3.8, 4) is 0 Å². The molecule has 0 unspecified atom stereocenters. The van der Waals surface area contributed by atoms with E-state index in [0.717, 1.165) is 6.07 Å². The van der Waals surface area contributed by atoms with E-state index in [1.54, 1.807) is 0 Å². The molecule has 0 spiro atoms. The molecule has 0 atom stereocenters. The Kier molecular flexibility index (Phi) is 3.77. The van der Waals surface area contributed by atoms with E-state index in [1.807, 2.05) is 0 Å². The molecular weight excluding hydrogens is 263 g/mol. The summed E-state index contributed by atoms with van der Waals surface area (Å²) >= 11 is 5.82. The molecule has 0 aromatic heterocycles. The van der Waals surface area contributed by atoms with Gasteiger partial charge in [-0.15, -0.1) is 0 Å². The van der Waals surface area contributed by atoms with E-state index in [2.05, 4.69) is 5.32 Å². The number of benzene rings is 2. The average molecular weight is 272 g/mol. The van der Waals surface area contributed by atoms with Crippen LogP contribution in [0.25, 0.3) is 0 Å². The van der Waals surface area contributed by atoms with Gasteiger partial charge in [-0.25, -0.2) is 13.2 Å². The van der Waals surface area contributed by atoms with Crippen molar-refractivity contribution in [3.05, 3.63) is 64.4 Å². The lowest BCUT2D eigenvalue weighted by Gasteiger charge is -2.10. The first-order valence-corrected chi connectivity index (χ1v) is 5.58. The normalized spacial score (nSPS) is 10.4. The van der Waals surface area contributed by atoms with E-state index < -0.39 is 17.5 Å². The molecule has 5 heteroatoms. The zero-order valence-corrected chi connectivity index (χ0v) is 9.94. The highest BCUT2D eigenvalue weighted by molar-refractivity contribution is 6.31. The summed E-state index contributed by atoms with van der Waals surface area (Å²) in [7, 11) is 0. The monoisotopic (exact) mass is 271 g/mol. The van der Waals surface area contributed by atoms with E-state index in [0.29, 0.717) is 0 Å². The molecule has 94 valence electrons. The van der Waals surface area contributed by atoms with Gasteiger partial charge in [0, 0.05) is 17.1 Å². The largest absolute Gasteiger partial charge is 0.378 e. The minimum absolute atomic E-state index is 0.0219. The van der Waals surface area contributed by atoms with E-state index in [4.69, 9.17) is 11.6 Å². The Morgan fingerprint density at radius 1 is 0.944 bits per heavy atom. The standard InChI is InChI=1S/C13H9ClF3N/c14-9-3-1-4-10(15)8(9)7-18-12-6-2-5-11(16)13(12)17/h1-6,18H,7H2. The molecule has 2 aromatic rings. The van der Waals surface area contributed by atoms with Crippen LogP contribution < -0.4 is 5.32 Å². The summed E-state index contributed by atoms with van der Waals surface area (Å²) in [6, 6.07) is 8.01. The number of hydrogen-bond acceptors (Lipinski definition) is 1. The Hall–Kier alpha value is -1.68. The van der Waals surface area contributed by atoms with Crippen molar-refractivity contribution in [2.75, 3.05) is 5.32 Å². The summed E-state index contributed by atoms with van der Waals surface area (Å²) in [5.74, 6) is -2.45. The van der Waals surface area contributed by atoms with Gasteiger partial charge in [-0.2, -0.15) is 0 Å². The van der Waals surface area contributed by atoms with Crippen molar-refractivity contribution in [2.45, 2.75) is 6.54 Å². The third-order valence-corrected chi connectivity index (χ3v) is 2.82. The van der Waals surface area contributed by atoms with Crippen molar-refractivity contribution in [1.29, 1.82) is 0 Å². The molecule has 0 radical (unpaired) electrons. The summed E-state index contributed by atoms with van der Waals surface area (Å²) in [5, 5.41) is 2.85. The van der Waals surface area contributed by atoms with Crippen LogP contribution in [0.4, 0.5) is 18.9 Å². The fourth-order valence-electron chi connectivity index (χ4n) is 1.53. The number of nitrogens with one attached hydrogen (secondary N) is 1. The summed E-state index contributed by atoms with van der Waals surface area (Å²) in [6.45, 7) is -0.0219. The van der Waals surface area contributed by atoms with Crippen molar-refractivity contribution in [3.63, 3.8) is 0 Å². The predicted octanol–water partition coefficient (Wildman–Crippen LogP) is 4.37. The molecule has 0 aliphatic carbocycles. The van der Waals surface area contributed by atoms with Crippen LogP contribution >= 0.6 is 11.6 Å². The molecule has 0 fully saturated rings. The van der Waals surface area contributed by atoms with Crippen LogP contribution in [0.1, 0.15) is 5.56 Å². The van der Waals surface area contributed by atoms with Gasteiger partial charge in [-0.1, -0.05) is 23.7 Å². The zero-order chi connectivity index (χ0) is 13.1. The minimum atomic E-state index is -0.995. The maximum Gasteiger partial charge on any atom is 0.181 e. The van der Waals surface area contributed by atoms with Gasteiger partial charge in [0.15, 0.2) is 11.6 Å². The van der Waals surface area contributed by atoms with Gasteiger partial charge in [-0.05, 0) is 24.3 Å².